The summed E-state index contributed by atoms with van der Waals surface area (Å²) in [6.45, 7) is 4.90. The zero-order chi connectivity index (χ0) is 33.4. The molecule has 6 aromatic rings. The van der Waals surface area contributed by atoms with E-state index in [2.05, 4.69) is 98.8 Å². The molecular weight excluding hydrogens is 597 g/mol. The van der Waals surface area contributed by atoms with Gasteiger partial charge in [0.05, 0.1) is 11.6 Å². The van der Waals surface area contributed by atoms with Crippen LogP contribution in [0.1, 0.15) is 57.1 Å². The van der Waals surface area contributed by atoms with Crippen LogP contribution < -0.4 is 0 Å². The molecule has 4 heteroatoms. The summed E-state index contributed by atoms with van der Waals surface area (Å²) in [4.78, 5) is 15.3. The summed E-state index contributed by atoms with van der Waals surface area (Å²) in [6.07, 6.45) is 6.62. The first-order valence-corrected chi connectivity index (χ1v) is 17.6. The summed E-state index contributed by atoms with van der Waals surface area (Å²) in [5.41, 5.74) is 9.54. The average molecular weight is 637 g/mol. The molecule has 0 radical (unpaired) electrons. The highest BCUT2D eigenvalue weighted by Crippen LogP contribution is 2.54. The van der Waals surface area contributed by atoms with Crippen molar-refractivity contribution in [3.63, 3.8) is 0 Å². The molecular formula is C45H40N4. The molecule has 49 heavy (non-hydrogen) atoms. The van der Waals surface area contributed by atoms with Crippen LogP contribution in [0.4, 0.5) is 0 Å². The van der Waals surface area contributed by atoms with Crippen LogP contribution in [0.5, 0.6) is 0 Å². The first-order chi connectivity index (χ1) is 24.0. The number of aromatic nitrogens is 3. The Hall–Kier alpha value is -5.40. The Morgan fingerprint density at radius 3 is 1.67 bits per heavy atom. The van der Waals surface area contributed by atoms with Crippen LogP contribution in [0.15, 0.2) is 127 Å². The van der Waals surface area contributed by atoms with Gasteiger partial charge in [-0.25, -0.2) is 15.0 Å². The molecule has 1 heterocycles. The molecule has 1 aromatic heterocycles. The van der Waals surface area contributed by atoms with Crippen LogP contribution in [0, 0.1) is 29.1 Å². The lowest BCUT2D eigenvalue weighted by molar-refractivity contribution is 0.0780. The van der Waals surface area contributed by atoms with E-state index in [-0.39, 0.29) is 5.41 Å². The number of rotatable bonds is 6. The van der Waals surface area contributed by atoms with Gasteiger partial charge in [0.15, 0.2) is 17.5 Å². The quantitative estimate of drug-likeness (QED) is 0.182. The maximum absolute atomic E-state index is 9.32. The van der Waals surface area contributed by atoms with Crippen molar-refractivity contribution >= 4 is 0 Å². The van der Waals surface area contributed by atoms with Crippen LogP contribution in [-0.4, -0.2) is 15.0 Å². The fourth-order valence-electron chi connectivity index (χ4n) is 8.89. The standard InChI is InChI=1S/C45H40N4/c1-30-23-33-24-31(2)27-45(26-30,28-33)39-20-17-37(18-21-39)43-47-42(36-11-7-4-8-12-36)48-44(49-43)40-22-19-38(34-15-13-32(29-46)14-16-34)25-41(40)35-9-5-3-6-10-35/h3-22,25,30-31,33H,23-24,26-28H2,1-2H3/t30-,31+,33-,45?. The largest absolute Gasteiger partial charge is 0.208 e. The van der Waals surface area contributed by atoms with Crippen molar-refractivity contribution in [3.05, 3.63) is 139 Å². The van der Waals surface area contributed by atoms with Crippen molar-refractivity contribution in [3.8, 4) is 62.5 Å². The SMILES string of the molecule is C[C@@H]1C[C@@H]2C[C@H](C)CC(c3ccc(-c4nc(-c5ccccc5)nc(-c5ccc(-c6ccc(C#N)cc6)cc5-c5ccccc5)n4)cc3)(C1)C2. The van der Waals surface area contributed by atoms with Gasteiger partial charge in [-0.3, -0.25) is 0 Å². The van der Waals surface area contributed by atoms with Gasteiger partial charge in [0.25, 0.3) is 0 Å². The smallest absolute Gasteiger partial charge is 0.164 e. The van der Waals surface area contributed by atoms with Gasteiger partial charge in [-0.2, -0.15) is 5.26 Å². The van der Waals surface area contributed by atoms with Crippen molar-refractivity contribution in [1.82, 2.24) is 15.0 Å². The monoisotopic (exact) mass is 636 g/mol. The van der Waals surface area contributed by atoms with Crippen LogP contribution in [0.2, 0.25) is 0 Å². The van der Waals surface area contributed by atoms with Crippen molar-refractivity contribution in [2.45, 2.75) is 51.4 Å². The third-order valence-corrected chi connectivity index (χ3v) is 10.7. The van der Waals surface area contributed by atoms with Crippen LogP contribution in [0.25, 0.3) is 56.4 Å². The van der Waals surface area contributed by atoms with Crippen molar-refractivity contribution in [2.24, 2.45) is 17.8 Å². The molecule has 5 aromatic carbocycles. The second-order valence-electron chi connectivity index (χ2n) is 14.5. The first kappa shape index (κ1) is 30.9. The van der Waals surface area contributed by atoms with Gasteiger partial charge in [-0.05, 0) is 107 Å². The van der Waals surface area contributed by atoms with Gasteiger partial charge in [0.2, 0.25) is 0 Å². The number of fused-ring (bicyclic) bond motifs is 2. The number of benzene rings is 5. The molecule has 240 valence electrons. The van der Waals surface area contributed by atoms with Gasteiger partial charge >= 0.3 is 0 Å². The van der Waals surface area contributed by atoms with Crippen LogP contribution in [0.3, 0.4) is 0 Å². The van der Waals surface area contributed by atoms with E-state index in [1.54, 1.807) is 0 Å². The Bertz CT molecular complexity index is 2110. The Labute approximate surface area is 289 Å². The maximum atomic E-state index is 9.32. The van der Waals surface area contributed by atoms with Gasteiger partial charge in [-0.1, -0.05) is 117 Å². The molecule has 0 N–H and O–H groups in total. The molecule has 0 amide bonds. The lowest BCUT2D eigenvalue weighted by Gasteiger charge is -2.50. The van der Waals surface area contributed by atoms with E-state index in [4.69, 9.17) is 15.0 Å². The Balaban J connectivity index is 1.24. The summed E-state index contributed by atoms with van der Waals surface area (Å²) in [6, 6.07) is 46.2. The third-order valence-electron chi connectivity index (χ3n) is 10.7. The highest BCUT2D eigenvalue weighted by molar-refractivity contribution is 5.86. The molecule has 2 saturated carbocycles. The molecule has 8 rings (SSSR count). The fourth-order valence-corrected chi connectivity index (χ4v) is 8.89. The van der Waals surface area contributed by atoms with E-state index in [9.17, 15) is 5.26 Å². The number of nitrogens with zero attached hydrogens (tertiary/aromatic N) is 4. The zero-order valence-corrected chi connectivity index (χ0v) is 28.2. The van der Waals surface area contributed by atoms with E-state index in [1.807, 2.05) is 48.5 Å². The molecule has 2 aliphatic rings. The predicted octanol–water partition coefficient (Wildman–Crippen LogP) is 11.2. The molecule has 4 nitrogen and oxygen atoms in total. The zero-order valence-electron chi connectivity index (χ0n) is 28.2. The summed E-state index contributed by atoms with van der Waals surface area (Å²) in [5, 5.41) is 9.32. The van der Waals surface area contributed by atoms with E-state index in [0.717, 1.165) is 56.7 Å². The van der Waals surface area contributed by atoms with Crippen molar-refractivity contribution < 1.29 is 0 Å². The highest BCUT2D eigenvalue weighted by atomic mass is 15.0. The second kappa shape index (κ2) is 12.9. The molecule has 4 atom stereocenters. The van der Waals surface area contributed by atoms with E-state index in [0.29, 0.717) is 23.0 Å². The maximum Gasteiger partial charge on any atom is 0.164 e. The van der Waals surface area contributed by atoms with Crippen LogP contribution in [-0.2, 0) is 5.41 Å². The molecule has 2 aliphatic carbocycles. The predicted molar refractivity (Wildman–Crippen MR) is 198 cm³/mol. The summed E-state index contributed by atoms with van der Waals surface area (Å²) in [7, 11) is 0. The lowest BCUT2D eigenvalue weighted by atomic mass is 9.54. The van der Waals surface area contributed by atoms with Crippen molar-refractivity contribution in [2.75, 3.05) is 0 Å². The normalized spacial score (nSPS) is 21.5. The minimum absolute atomic E-state index is 0.277. The van der Waals surface area contributed by atoms with Crippen LogP contribution >= 0.6 is 0 Å². The second-order valence-corrected chi connectivity index (χ2v) is 14.5. The van der Waals surface area contributed by atoms with Gasteiger partial charge < -0.3 is 0 Å². The Kier molecular flexibility index (Phi) is 8.14. The summed E-state index contributed by atoms with van der Waals surface area (Å²) < 4.78 is 0. The molecule has 0 spiro atoms. The number of nitriles is 1. The minimum atomic E-state index is 0.277. The van der Waals surface area contributed by atoms with Gasteiger partial charge in [0, 0.05) is 16.7 Å². The number of hydrogen-bond donors (Lipinski definition) is 0. The first-order valence-electron chi connectivity index (χ1n) is 17.6. The minimum Gasteiger partial charge on any atom is -0.208 e. The Morgan fingerprint density at radius 1 is 0.531 bits per heavy atom. The van der Waals surface area contributed by atoms with E-state index >= 15 is 0 Å². The lowest BCUT2D eigenvalue weighted by Crippen LogP contribution is -2.42. The topological polar surface area (TPSA) is 62.5 Å². The summed E-state index contributed by atoms with van der Waals surface area (Å²) in [5.74, 6) is 4.36. The fraction of sp³-hybridized carbons (Fsp3) is 0.244. The summed E-state index contributed by atoms with van der Waals surface area (Å²) >= 11 is 0. The third kappa shape index (κ3) is 6.18. The van der Waals surface area contributed by atoms with E-state index < -0.39 is 0 Å². The molecule has 2 fully saturated rings. The average Bonchev–Trinajstić information content (AvgIpc) is 3.14. The highest BCUT2D eigenvalue weighted by Gasteiger charge is 2.45. The molecule has 1 unspecified atom stereocenters. The Morgan fingerprint density at radius 2 is 1.06 bits per heavy atom. The van der Waals surface area contributed by atoms with Gasteiger partial charge in [0.1, 0.15) is 0 Å². The molecule has 2 bridgehead atoms. The van der Waals surface area contributed by atoms with E-state index in [1.165, 1.54) is 37.7 Å². The molecule has 0 aliphatic heterocycles. The molecule has 0 saturated heterocycles. The van der Waals surface area contributed by atoms with Gasteiger partial charge in [-0.15, -0.1) is 0 Å². The number of hydrogen-bond acceptors (Lipinski definition) is 4. The van der Waals surface area contributed by atoms with Crippen molar-refractivity contribution in [1.29, 1.82) is 5.26 Å².